The molecule has 2 heterocycles. The van der Waals surface area contributed by atoms with Crippen molar-refractivity contribution < 1.29 is 0 Å². The van der Waals surface area contributed by atoms with Crippen LogP contribution in [0.3, 0.4) is 0 Å². The Labute approximate surface area is 184 Å². The molecule has 0 atom stereocenters. The van der Waals surface area contributed by atoms with E-state index in [4.69, 9.17) is 23.2 Å². The van der Waals surface area contributed by atoms with Gasteiger partial charge in [-0.25, -0.2) is 9.36 Å². The van der Waals surface area contributed by atoms with Gasteiger partial charge in [-0.3, -0.25) is 9.69 Å². The van der Waals surface area contributed by atoms with E-state index in [9.17, 15) is 9.59 Å². The SMILES string of the molecule is O=c1cc(CN2CCC(Cc3cc(Cl)ccc3Cl)CC2)[nH]c(=O)n1-c1ccccc1. The van der Waals surface area contributed by atoms with Crippen LogP contribution in [-0.2, 0) is 13.0 Å². The fourth-order valence-corrected chi connectivity index (χ4v) is 4.44. The predicted molar refractivity (Wildman–Crippen MR) is 121 cm³/mol. The van der Waals surface area contributed by atoms with Gasteiger partial charge in [0.2, 0.25) is 0 Å². The number of H-pyrrole nitrogens is 1. The number of nitrogens with one attached hydrogen (secondary N) is 1. The molecule has 30 heavy (non-hydrogen) atoms. The molecular weight excluding hydrogens is 421 g/mol. The van der Waals surface area contributed by atoms with E-state index in [1.165, 1.54) is 6.07 Å². The summed E-state index contributed by atoms with van der Waals surface area (Å²) < 4.78 is 1.16. The molecule has 1 N–H and O–H groups in total. The number of halogens is 2. The van der Waals surface area contributed by atoms with Crippen molar-refractivity contribution in [2.75, 3.05) is 13.1 Å². The first-order chi connectivity index (χ1) is 14.5. The van der Waals surface area contributed by atoms with Crippen LogP contribution in [-0.4, -0.2) is 27.5 Å². The highest BCUT2D eigenvalue weighted by atomic mass is 35.5. The highest BCUT2D eigenvalue weighted by molar-refractivity contribution is 6.33. The van der Waals surface area contributed by atoms with E-state index in [1.807, 2.05) is 24.3 Å². The largest absolute Gasteiger partial charge is 0.333 e. The van der Waals surface area contributed by atoms with Gasteiger partial charge in [0.15, 0.2) is 0 Å². The van der Waals surface area contributed by atoms with Gasteiger partial charge < -0.3 is 4.98 Å². The van der Waals surface area contributed by atoms with Gasteiger partial charge in [-0.2, -0.15) is 0 Å². The first-order valence-electron chi connectivity index (χ1n) is 10.1. The maximum Gasteiger partial charge on any atom is 0.333 e. The smallest absolute Gasteiger partial charge is 0.309 e. The lowest BCUT2D eigenvalue weighted by atomic mass is 9.90. The van der Waals surface area contributed by atoms with Crippen LogP contribution in [0.15, 0.2) is 64.2 Å². The summed E-state index contributed by atoms with van der Waals surface area (Å²) in [5.41, 5.74) is 1.58. The summed E-state index contributed by atoms with van der Waals surface area (Å²) in [4.78, 5) is 30.1. The Balaban J connectivity index is 1.39. The first kappa shape index (κ1) is 20.9. The molecule has 0 saturated carbocycles. The molecule has 4 rings (SSSR count). The molecule has 1 saturated heterocycles. The van der Waals surface area contributed by atoms with Crippen LogP contribution >= 0.6 is 23.2 Å². The molecular formula is C23H23Cl2N3O2. The molecule has 1 aliphatic rings. The van der Waals surface area contributed by atoms with Crippen LogP contribution in [0.5, 0.6) is 0 Å². The van der Waals surface area contributed by atoms with Crippen LogP contribution in [0.1, 0.15) is 24.1 Å². The highest BCUT2D eigenvalue weighted by Crippen LogP contribution is 2.28. The van der Waals surface area contributed by atoms with Gasteiger partial charge in [0.1, 0.15) is 0 Å². The topological polar surface area (TPSA) is 58.1 Å². The summed E-state index contributed by atoms with van der Waals surface area (Å²) in [7, 11) is 0. The van der Waals surface area contributed by atoms with Crippen LogP contribution in [0.2, 0.25) is 10.0 Å². The third kappa shape index (κ3) is 4.86. The lowest BCUT2D eigenvalue weighted by molar-refractivity contribution is 0.175. The van der Waals surface area contributed by atoms with E-state index in [1.54, 1.807) is 24.3 Å². The molecule has 1 aliphatic heterocycles. The van der Waals surface area contributed by atoms with Gasteiger partial charge in [-0.15, -0.1) is 0 Å². The minimum atomic E-state index is -0.408. The van der Waals surface area contributed by atoms with E-state index in [0.29, 0.717) is 28.9 Å². The van der Waals surface area contributed by atoms with Crippen LogP contribution in [0, 0.1) is 5.92 Å². The Morgan fingerprint density at radius 3 is 2.40 bits per heavy atom. The Kier molecular flexibility index (Phi) is 6.42. The molecule has 5 nitrogen and oxygen atoms in total. The fraction of sp³-hybridized carbons (Fsp3) is 0.304. The summed E-state index contributed by atoms with van der Waals surface area (Å²) in [6.07, 6.45) is 2.99. The van der Waals surface area contributed by atoms with Gasteiger partial charge in [0.05, 0.1) is 5.69 Å². The molecule has 7 heteroatoms. The van der Waals surface area contributed by atoms with Gasteiger partial charge in [0, 0.05) is 28.4 Å². The zero-order chi connectivity index (χ0) is 21.1. The predicted octanol–water partition coefficient (Wildman–Crippen LogP) is 4.29. The lowest BCUT2D eigenvalue weighted by Gasteiger charge is -2.32. The number of nitrogens with zero attached hydrogens (tertiary/aromatic N) is 2. The molecule has 1 fully saturated rings. The van der Waals surface area contributed by atoms with E-state index < -0.39 is 5.69 Å². The van der Waals surface area contributed by atoms with Gasteiger partial charge in [-0.1, -0.05) is 41.4 Å². The Morgan fingerprint density at radius 1 is 0.967 bits per heavy atom. The first-order valence-corrected chi connectivity index (χ1v) is 10.8. The third-order valence-electron chi connectivity index (χ3n) is 5.62. The number of hydrogen-bond acceptors (Lipinski definition) is 3. The Hall–Kier alpha value is -2.34. The van der Waals surface area contributed by atoms with Gasteiger partial charge >= 0.3 is 5.69 Å². The fourth-order valence-electron chi connectivity index (χ4n) is 4.05. The average Bonchev–Trinajstić information content (AvgIpc) is 2.72. The Bertz CT molecular complexity index is 1100. The number of rotatable bonds is 5. The summed E-state index contributed by atoms with van der Waals surface area (Å²) in [5.74, 6) is 0.544. The van der Waals surface area contributed by atoms with Crippen molar-refractivity contribution in [3.63, 3.8) is 0 Å². The number of aromatic nitrogens is 2. The molecule has 156 valence electrons. The number of likely N-dealkylation sites (tertiary alicyclic amines) is 1. The van der Waals surface area contributed by atoms with Crippen molar-refractivity contribution in [3.05, 3.63) is 96.7 Å². The standard InChI is InChI=1S/C23H23Cl2N3O2/c24-18-6-7-21(25)17(13-18)12-16-8-10-27(11-9-16)15-19-14-22(29)28(23(30)26-19)20-4-2-1-3-5-20/h1-7,13-14,16H,8-12,15H2,(H,26,30). The molecule has 0 bridgehead atoms. The maximum atomic E-state index is 12.5. The van der Waals surface area contributed by atoms with Crippen molar-refractivity contribution in [1.29, 1.82) is 0 Å². The van der Waals surface area contributed by atoms with Crippen molar-refractivity contribution in [2.24, 2.45) is 5.92 Å². The zero-order valence-electron chi connectivity index (χ0n) is 16.5. The average molecular weight is 444 g/mol. The summed E-state index contributed by atoms with van der Waals surface area (Å²) in [6, 6.07) is 16.1. The Morgan fingerprint density at radius 2 is 1.70 bits per heavy atom. The second kappa shape index (κ2) is 9.21. The quantitative estimate of drug-likeness (QED) is 0.639. The molecule has 2 aromatic carbocycles. The molecule has 0 unspecified atom stereocenters. The van der Waals surface area contributed by atoms with Crippen molar-refractivity contribution >= 4 is 23.2 Å². The van der Waals surface area contributed by atoms with Crippen LogP contribution in [0.25, 0.3) is 5.69 Å². The molecule has 0 aliphatic carbocycles. The third-order valence-corrected chi connectivity index (χ3v) is 6.22. The molecule has 1 aromatic heterocycles. The zero-order valence-corrected chi connectivity index (χ0v) is 18.0. The van der Waals surface area contributed by atoms with Crippen LogP contribution in [0.4, 0.5) is 0 Å². The summed E-state index contributed by atoms with van der Waals surface area (Å²) >= 11 is 12.4. The van der Waals surface area contributed by atoms with Crippen molar-refractivity contribution in [2.45, 2.75) is 25.8 Å². The van der Waals surface area contributed by atoms with Crippen LogP contribution < -0.4 is 11.2 Å². The number of piperidine rings is 1. The highest BCUT2D eigenvalue weighted by Gasteiger charge is 2.21. The van der Waals surface area contributed by atoms with E-state index in [2.05, 4.69) is 9.88 Å². The second-order valence-corrected chi connectivity index (χ2v) is 8.61. The summed E-state index contributed by atoms with van der Waals surface area (Å²) in [5, 5.41) is 1.47. The van der Waals surface area contributed by atoms with E-state index >= 15 is 0 Å². The van der Waals surface area contributed by atoms with E-state index in [0.717, 1.165) is 47.5 Å². The lowest BCUT2D eigenvalue weighted by Crippen LogP contribution is -2.38. The number of para-hydroxylation sites is 1. The number of hydrogen-bond donors (Lipinski definition) is 1. The molecule has 0 spiro atoms. The minimum Gasteiger partial charge on any atom is -0.309 e. The molecule has 0 amide bonds. The van der Waals surface area contributed by atoms with E-state index in [-0.39, 0.29) is 5.56 Å². The maximum absolute atomic E-state index is 12.5. The minimum absolute atomic E-state index is 0.314. The number of aromatic amines is 1. The van der Waals surface area contributed by atoms with Crippen molar-refractivity contribution in [1.82, 2.24) is 14.5 Å². The number of benzene rings is 2. The van der Waals surface area contributed by atoms with Gasteiger partial charge in [-0.05, 0) is 74.2 Å². The second-order valence-electron chi connectivity index (χ2n) is 7.77. The summed E-state index contributed by atoms with van der Waals surface area (Å²) in [6.45, 7) is 2.38. The monoisotopic (exact) mass is 443 g/mol. The normalized spacial score (nSPS) is 15.4. The molecule has 3 aromatic rings. The van der Waals surface area contributed by atoms with Gasteiger partial charge in [0.25, 0.3) is 5.56 Å². The van der Waals surface area contributed by atoms with Crippen molar-refractivity contribution in [3.8, 4) is 5.69 Å². The molecule has 0 radical (unpaired) electrons.